The Bertz CT molecular complexity index is 816. The van der Waals surface area contributed by atoms with Gasteiger partial charge in [-0.15, -0.1) is 0 Å². The standard InChI is InChI=1S/C21H24N2O3/c1-14(2)19(22-20(24)16-9-5-7-11-18(16)26-3)21(25)23-13-12-15-8-4-6-10-17(15)23/h4-11,14,19H,12-13H2,1-3H3,(H,22,24)/t19-/m1/s1. The molecule has 0 bridgehead atoms. The maximum atomic E-state index is 13.2. The molecule has 1 N–H and O–H groups in total. The predicted octanol–water partition coefficient (Wildman–Crippen LogP) is 3.04. The number of carbonyl (C=O) groups excluding carboxylic acids is 2. The molecule has 1 atom stereocenters. The van der Waals surface area contributed by atoms with Gasteiger partial charge in [-0.05, 0) is 36.1 Å². The van der Waals surface area contributed by atoms with E-state index >= 15 is 0 Å². The monoisotopic (exact) mass is 352 g/mol. The fourth-order valence-corrected chi connectivity index (χ4v) is 3.30. The number of hydrogen-bond donors (Lipinski definition) is 1. The Morgan fingerprint density at radius 1 is 1.08 bits per heavy atom. The van der Waals surface area contributed by atoms with Crippen LogP contribution < -0.4 is 15.0 Å². The third kappa shape index (κ3) is 3.43. The highest BCUT2D eigenvalue weighted by Gasteiger charge is 2.33. The Morgan fingerprint density at radius 3 is 2.50 bits per heavy atom. The lowest BCUT2D eigenvalue weighted by atomic mass is 10.0. The number of fused-ring (bicyclic) bond motifs is 1. The van der Waals surface area contributed by atoms with Gasteiger partial charge in [0.2, 0.25) is 5.91 Å². The fraction of sp³-hybridized carbons (Fsp3) is 0.333. The van der Waals surface area contributed by atoms with Crippen molar-refractivity contribution in [2.45, 2.75) is 26.3 Å². The Kier molecular flexibility index (Phi) is 5.26. The summed E-state index contributed by atoms with van der Waals surface area (Å²) in [4.78, 5) is 27.7. The molecule has 0 radical (unpaired) electrons. The first-order chi connectivity index (χ1) is 12.5. The van der Waals surface area contributed by atoms with Crippen LogP contribution in [-0.4, -0.2) is 31.5 Å². The van der Waals surface area contributed by atoms with Crippen LogP contribution in [0.2, 0.25) is 0 Å². The first-order valence-corrected chi connectivity index (χ1v) is 8.86. The summed E-state index contributed by atoms with van der Waals surface area (Å²) < 4.78 is 5.26. The number of nitrogens with zero attached hydrogens (tertiary/aromatic N) is 1. The zero-order chi connectivity index (χ0) is 18.7. The van der Waals surface area contributed by atoms with E-state index in [2.05, 4.69) is 5.32 Å². The van der Waals surface area contributed by atoms with Gasteiger partial charge in [0.25, 0.3) is 5.91 Å². The van der Waals surface area contributed by atoms with Crippen molar-refractivity contribution in [3.8, 4) is 5.75 Å². The zero-order valence-corrected chi connectivity index (χ0v) is 15.4. The largest absolute Gasteiger partial charge is 0.496 e. The van der Waals surface area contributed by atoms with Crippen molar-refractivity contribution in [2.75, 3.05) is 18.6 Å². The molecule has 0 fully saturated rings. The fourth-order valence-electron chi connectivity index (χ4n) is 3.30. The van der Waals surface area contributed by atoms with E-state index in [1.54, 1.807) is 23.1 Å². The van der Waals surface area contributed by atoms with Crippen LogP contribution in [0.3, 0.4) is 0 Å². The third-order valence-corrected chi connectivity index (χ3v) is 4.72. The van der Waals surface area contributed by atoms with Crippen LogP contribution in [0.1, 0.15) is 29.8 Å². The summed E-state index contributed by atoms with van der Waals surface area (Å²) in [6, 6.07) is 14.3. The van der Waals surface area contributed by atoms with Crippen LogP contribution in [0.4, 0.5) is 5.69 Å². The van der Waals surface area contributed by atoms with Crippen LogP contribution in [0.5, 0.6) is 5.75 Å². The van der Waals surface area contributed by atoms with Crippen LogP contribution >= 0.6 is 0 Å². The van der Waals surface area contributed by atoms with Gasteiger partial charge in [0.1, 0.15) is 11.8 Å². The molecule has 5 heteroatoms. The van der Waals surface area contributed by atoms with Crippen LogP contribution in [0.15, 0.2) is 48.5 Å². The number of carbonyl (C=O) groups is 2. The second kappa shape index (κ2) is 7.60. The minimum absolute atomic E-state index is 0.0334. The van der Waals surface area contributed by atoms with E-state index in [0.29, 0.717) is 17.9 Å². The highest BCUT2D eigenvalue weighted by atomic mass is 16.5. The average molecular weight is 352 g/mol. The van der Waals surface area contributed by atoms with Crippen molar-refractivity contribution in [3.05, 3.63) is 59.7 Å². The molecule has 0 saturated carbocycles. The average Bonchev–Trinajstić information content (AvgIpc) is 3.09. The van der Waals surface area contributed by atoms with Gasteiger partial charge in [0.05, 0.1) is 12.7 Å². The highest BCUT2D eigenvalue weighted by molar-refractivity contribution is 6.04. The summed E-state index contributed by atoms with van der Waals surface area (Å²) >= 11 is 0. The minimum Gasteiger partial charge on any atom is -0.496 e. The van der Waals surface area contributed by atoms with Gasteiger partial charge >= 0.3 is 0 Å². The molecule has 0 unspecified atom stereocenters. The van der Waals surface area contributed by atoms with Crippen molar-refractivity contribution in [2.24, 2.45) is 5.92 Å². The Morgan fingerprint density at radius 2 is 1.77 bits per heavy atom. The van der Waals surface area contributed by atoms with Gasteiger partial charge in [-0.1, -0.05) is 44.2 Å². The van der Waals surface area contributed by atoms with Crippen molar-refractivity contribution >= 4 is 17.5 Å². The van der Waals surface area contributed by atoms with E-state index < -0.39 is 6.04 Å². The number of ether oxygens (including phenoxy) is 1. The van der Waals surface area contributed by atoms with E-state index in [0.717, 1.165) is 12.1 Å². The van der Waals surface area contributed by atoms with Gasteiger partial charge < -0.3 is 15.0 Å². The van der Waals surface area contributed by atoms with E-state index in [-0.39, 0.29) is 17.7 Å². The molecular formula is C21H24N2O3. The maximum absolute atomic E-state index is 13.2. The van der Waals surface area contributed by atoms with Crippen molar-refractivity contribution in [3.63, 3.8) is 0 Å². The number of amides is 2. The highest BCUT2D eigenvalue weighted by Crippen LogP contribution is 2.29. The molecule has 1 aliphatic heterocycles. The number of rotatable bonds is 5. The van der Waals surface area contributed by atoms with E-state index in [4.69, 9.17) is 4.74 Å². The number of methoxy groups -OCH3 is 1. The van der Waals surface area contributed by atoms with Gasteiger partial charge in [-0.2, -0.15) is 0 Å². The van der Waals surface area contributed by atoms with Gasteiger partial charge in [-0.3, -0.25) is 9.59 Å². The molecule has 3 rings (SSSR count). The number of anilines is 1. The molecule has 0 spiro atoms. The normalized spacial score (nSPS) is 14.1. The number of nitrogens with one attached hydrogen (secondary N) is 1. The van der Waals surface area contributed by atoms with Crippen LogP contribution in [0, 0.1) is 5.92 Å². The molecule has 0 aliphatic carbocycles. The molecule has 2 amide bonds. The molecule has 1 aliphatic rings. The molecule has 0 aromatic heterocycles. The Hall–Kier alpha value is -2.82. The summed E-state index contributed by atoms with van der Waals surface area (Å²) in [5.74, 6) is 0.0792. The van der Waals surface area contributed by atoms with E-state index in [9.17, 15) is 9.59 Å². The topological polar surface area (TPSA) is 58.6 Å². The molecule has 0 saturated heterocycles. The number of para-hydroxylation sites is 2. The molecule has 1 heterocycles. The van der Waals surface area contributed by atoms with Crippen LogP contribution in [0.25, 0.3) is 0 Å². The zero-order valence-electron chi connectivity index (χ0n) is 15.4. The second-order valence-corrected chi connectivity index (χ2v) is 6.76. The number of benzene rings is 2. The van der Waals surface area contributed by atoms with Gasteiger partial charge in [0, 0.05) is 12.2 Å². The van der Waals surface area contributed by atoms with Crippen molar-refractivity contribution in [1.82, 2.24) is 5.32 Å². The summed E-state index contributed by atoms with van der Waals surface area (Å²) in [6.07, 6.45) is 0.840. The first-order valence-electron chi connectivity index (χ1n) is 8.86. The molecule has 2 aromatic rings. The minimum atomic E-state index is -0.599. The molecule has 5 nitrogen and oxygen atoms in total. The quantitative estimate of drug-likeness (QED) is 0.900. The summed E-state index contributed by atoms with van der Waals surface area (Å²) in [5.41, 5.74) is 2.53. The van der Waals surface area contributed by atoms with Gasteiger partial charge in [0.15, 0.2) is 0 Å². The third-order valence-electron chi connectivity index (χ3n) is 4.72. The summed E-state index contributed by atoms with van der Waals surface area (Å²) in [6.45, 7) is 4.52. The maximum Gasteiger partial charge on any atom is 0.255 e. The molecule has 136 valence electrons. The van der Waals surface area contributed by atoms with E-state index in [1.807, 2.05) is 44.2 Å². The molecular weight excluding hydrogens is 328 g/mol. The molecule has 26 heavy (non-hydrogen) atoms. The first kappa shape index (κ1) is 18.0. The lowest BCUT2D eigenvalue weighted by Crippen LogP contribution is -2.51. The van der Waals surface area contributed by atoms with Crippen molar-refractivity contribution in [1.29, 1.82) is 0 Å². The second-order valence-electron chi connectivity index (χ2n) is 6.76. The Balaban J connectivity index is 1.82. The van der Waals surface area contributed by atoms with Crippen molar-refractivity contribution < 1.29 is 14.3 Å². The van der Waals surface area contributed by atoms with Gasteiger partial charge in [-0.25, -0.2) is 0 Å². The summed E-state index contributed by atoms with van der Waals surface area (Å²) in [7, 11) is 1.53. The Labute approximate surface area is 154 Å². The van der Waals surface area contributed by atoms with Crippen LogP contribution in [-0.2, 0) is 11.2 Å². The summed E-state index contributed by atoms with van der Waals surface area (Å²) in [5, 5.41) is 2.90. The van der Waals surface area contributed by atoms with E-state index in [1.165, 1.54) is 12.7 Å². The number of hydrogen-bond acceptors (Lipinski definition) is 3. The SMILES string of the molecule is COc1ccccc1C(=O)N[C@@H](C(=O)N1CCc2ccccc21)C(C)C. The lowest BCUT2D eigenvalue weighted by Gasteiger charge is -2.27. The molecule has 2 aromatic carbocycles. The lowest BCUT2D eigenvalue weighted by molar-refractivity contribution is -0.121. The predicted molar refractivity (Wildman–Crippen MR) is 102 cm³/mol. The smallest absolute Gasteiger partial charge is 0.255 e.